The number of carbonyl (C=O) groups is 2. The maximum Gasteiger partial charge on any atom is 0.338 e. The van der Waals surface area contributed by atoms with Gasteiger partial charge >= 0.3 is 11.9 Å². The molecular formula is C26H33ClO4. The van der Waals surface area contributed by atoms with Gasteiger partial charge in [-0.25, -0.2) is 4.79 Å². The molecular weight excluding hydrogens is 412 g/mol. The van der Waals surface area contributed by atoms with E-state index >= 15 is 0 Å². The van der Waals surface area contributed by atoms with Crippen LogP contribution in [0.25, 0.3) is 11.1 Å². The van der Waals surface area contributed by atoms with Gasteiger partial charge in [-0.2, -0.15) is 0 Å². The largest absolute Gasteiger partial charge is 0.461 e. The molecule has 0 aromatic heterocycles. The number of hydrogen-bond donors (Lipinski definition) is 0. The normalized spacial score (nSPS) is 11.9. The third-order valence-electron chi connectivity index (χ3n) is 4.90. The van der Waals surface area contributed by atoms with Gasteiger partial charge < -0.3 is 9.47 Å². The summed E-state index contributed by atoms with van der Waals surface area (Å²) in [4.78, 5) is 24.1. The number of unbranched alkanes of at least 4 members (excludes halogenated alkanes) is 3. The number of halogens is 1. The van der Waals surface area contributed by atoms with E-state index in [1.54, 1.807) is 24.3 Å². The molecule has 0 saturated heterocycles. The molecule has 0 aliphatic rings. The van der Waals surface area contributed by atoms with Gasteiger partial charge in [-0.3, -0.25) is 4.79 Å². The van der Waals surface area contributed by atoms with E-state index in [9.17, 15) is 9.59 Å². The average molecular weight is 445 g/mol. The maximum absolute atomic E-state index is 12.2. The second-order valence-corrected chi connectivity index (χ2v) is 8.83. The van der Waals surface area contributed by atoms with Crippen LogP contribution in [0.5, 0.6) is 5.75 Å². The molecule has 0 fully saturated rings. The molecule has 168 valence electrons. The van der Waals surface area contributed by atoms with Crippen molar-refractivity contribution in [3.05, 3.63) is 54.1 Å². The van der Waals surface area contributed by atoms with E-state index in [0.717, 1.165) is 43.2 Å². The first-order chi connectivity index (χ1) is 14.9. The molecule has 0 aliphatic heterocycles. The molecule has 0 bridgehead atoms. The van der Waals surface area contributed by atoms with E-state index in [0.29, 0.717) is 23.7 Å². The average Bonchev–Trinajstić information content (AvgIpc) is 2.75. The van der Waals surface area contributed by atoms with Crippen molar-refractivity contribution in [1.29, 1.82) is 0 Å². The zero-order valence-electron chi connectivity index (χ0n) is 18.7. The molecule has 31 heavy (non-hydrogen) atoms. The Balaban J connectivity index is 1.86. The number of benzene rings is 2. The van der Waals surface area contributed by atoms with Crippen LogP contribution in [0.3, 0.4) is 0 Å². The van der Waals surface area contributed by atoms with Gasteiger partial charge in [-0.1, -0.05) is 64.3 Å². The Kier molecular flexibility index (Phi) is 10.6. The number of alkyl halides is 1. The molecule has 2 rings (SSSR count). The van der Waals surface area contributed by atoms with Crippen LogP contribution < -0.4 is 4.74 Å². The van der Waals surface area contributed by atoms with E-state index in [4.69, 9.17) is 21.1 Å². The fraction of sp³-hybridized carbons (Fsp3) is 0.462. The van der Waals surface area contributed by atoms with Gasteiger partial charge in [0.05, 0.1) is 10.9 Å². The molecule has 5 heteroatoms. The summed E-state index contributed by atoms with van der Waals surface area (Å²) >= 11 is 6.19. The quantitative estimate of drug-likeness (QED) is 0.152. The molecule has 0 radical (unpaired) electrons. The van der Waals surface area contributed by atoms with Crippen molar-refractivity contribution >= 4 is 23.5 Å². The molecule has 0 spiro atoms. The summed E-state index contributed by atoms with van der Waals surface area (Å²) in [6.45, 7) is 6.52. The monoisotopic (exact) mass is 444 g/mol. The summed E-state index contributed by atoms with van der Waals surface area (Å²) in [5, 5.41) is -0.174. The highest BCUT2D eigenvalue weighted by Gasteiger charge is 2.13. The van der Waals surface area contributed by atoms with Crippen LogP contribution in [0.15, 0.2) is 48.5 Å². The number of ether oxygens (including phenoxy) is 2. The number of carbonyl (C=O) groups excluding carboxylic acids is 2. The fourth-order valence-corrected chi connectivity index (χ4v) is 3.64. The molecule has 0 N–H and O–H groups in total. The van der Waals surface area contributed by atoms with Crippen LogP contribution in [0.1, 0.15) is 69.7 Å². The molecule has 2 aromatic rings. The lowest BCUT2D eigenvalue weighted by Gasteiger charge is -2.12. The minimum Gasteiger partial charge on any atom is -0.461 e. The highest BCUT2D eigenvalue weighted by Crippen LogP contribution is 2.23. The lowest BCUT2D eigenvalue weighted by molar-refractivity contribution is -0.134. The number of esters is 2. The van der Waals surface area contributed by atoms with Crippen LogP contribution in [-0.4, -0.2) is 23.9 Å². The first kappa shape index (κ1) is 24.9. The van der Waals surface area contributed by atoms with Crippen LogP contribution in [0, 0.1) is 5.92 Å². The first-order valence-corrected chi connectivity index (χ1v) is 11.5. The van der Waals surface area contributed by atoms with E-state index in [1.807, 2.05) is 24.3 Å². The minimum atomic E-state index is -0.373. The molecule has 0 heterocycles. The Bertz CT molecular complexity index is 812. The van der Waals surface area contributed by atoms with Gasteiger partial charge in [0.2, 0.25) is 0 Å². The summed E-state index contributed by atoms with van der Waals surface area (Å²) in [7, 11) is 0. The van der Waals surface area contributed by atoms with Gasteiger partial charge in [-0.05, 0) is 54.2 Å². The minimum absolute atomic E-state index is 0.174. The Labute approximate surface area is 190 Å². The molecule has 0 amide bonds. The predicted molar refractivity (Wildman–Crippen MR) is 126 cm³/mol. The van der Waals surface area contributed by atoms with E-state index in [-0.39, 0.29) is 23.9 Å². The molecule has 2 aromatic carbocycles. The van der Waals surface area contributed by atoms with E-state index in [1.165, 1.54) is 0 Å². The van der Waals surface area contributed by atoms with Gasteiger partial charge in [0.1, 0.15) is 12.4 Å². The number of hydrogen-bond acceptors (Lipinski definition) is 4. The number of rotatable bonds is 12. The zero-order chi connectivity index (χ0) is 22.6. The molecule has 0 aliphatic carbocycles. The van der Waals surface area contributed by atoms with Gasteiger partial charge in [0.15, 0.2) is 0 Å². The van der Waals surface area contributed by atoms with Gasteiger partial charge in [0, 0.05) is 6.42 Å². The molecule has 0 saturated carbocycles. The third-order valence-corrected chi connectivity index (χ3v) is 5.20. The highest BCUT2D eigenvalue weighted by molar-refractivity contribution is 6.20. The highest BCUT2D eigenvalue weighted by atomic mass is 35.5. The fourth-order valence-electron chi connectivity index (χ4n) is 3.22. The summed E-state index contributed by atoms with van der Waals surface area (Å²) < 4.78 is 10.7. The topological polar surface area (TPSA) is 52.6 Å². The van der Waals surface area contributed by atoms with Crippen molar-refractivity contribution in [1.82, 2.24) is 0 Å². The Hall–Kier alpha value is -2.33. The van der Waals surface area contributed by atoms with Gasteiger partial charge in [-0.15, -0.1) is 11.6 Å². The molecule has 1 atom stereocenters. The summed E-state index contributed by atoms with van der Waals surface area (Å²) in [6, 6.07) is 14.6. The van der Waals surface area contributed by atoms with Crippen LogP contribution in [0.2, 0.25) is 0 Å². The van der Waals surface area contributed by atoms with Crippen LogP contribution in [0.4, 0.5) is 0 Å². The second kappa shape index (κ2) is 13.2. The van der Waals surface area contributed by atoms with Crippen molar-refractivity contribution in [3.8, 4) is 16.9 Å². The summed E-state index contributed by atoms with van der Waals surface area (Å²) in [5.41, 5.74) is 2.43. The smallest absolute Gasteiger partial charge is 0.338 e. The van der Waals surface area contributed by atoms with Crippen LogP contribution >= 0.6 is 11.6 Å². The van der Waals surface area contributed by atoms with Crippen molar-refractivity contribution in [2.45, 2.75) is 64.7 Å². The van der Waals surface area contributed by atoms with Crippen molar-refractivity contribution in [2.24, 2.45) is 5.92 Å². The standard InChI is InChI=1S/C26H33ClO4/c1-4-5-6-7-8-25(28)31-24-15-13-21(14-16-24)20-9-11-22(12-10-20)26(29)30-18-23(27)17-19(2)3/h9-16,19,23H,4-8,17-18H2,1-3H3. The Morgan fingerprint density at radius 3 is 2.10 bits per heavy atom. The van der Waals surface area contributed by atoms with Crippen LogP contribution in [-0.2, 0) is 9.53 Å². The SMILES string of the molecule is CCCCCCC(=O)Oc1ccc(-c2ccc(C(=O)OCC(Cl)CC(C)C)cc2)cc1. The second-order valence-electron chi connectivity index (χ2n) is 8.21. The zero-order valence-corrected chi connectivity index (χ0v) is 19.5. The Morgan fingerprint density at radius 2 is 1.52 bits per heavy atom. The van der Waals surface area contributed by atoms with E-state index in [2.05, 4.69) is 20.8 Å². The Morgan fingerprint density at radius 1 is 0.903 bits per heavy atom. The maximum atomic E-state index is 12.2. The van der Waals surface area contributed by atoms with Crippen molar-refractivity contribution < 1.29 is 19.1 Å². The van der Waals surface area contributed by atoms with Crippen molar-refractivity contribution in [2.75, 3.05) is 6.61 Å². The first-order valence-electron chi connectivity index (χ1n) is 11.1. The summed E-state index contributed by atoms with van der Waals surface area (Å²) in [6.07, 6.45) is 5.45. The van der Waals surface area contributed by atoms with Crippen molar-refractivity contribution in [3.63, 3.8) is 0 Å². The summed E-state index contributed by atoms with van der Waals surface area (Å²) in [5.74, 6) is 0.434. The lowest BCUT2D eigenvalue weighted by Crippen LogP contribution is -2.16. The molecule has 4 nitrogen and oxygen atoms in total. The lowest BCUT2D eigenvalue weighted by atomic mass is 10.0. The van der Waals surface area contributed by atoms with E-state index < -0.39 is 0 Å². The molecule has 1 unspecified atom stereocenters. The predicted octanol–water partition coefficient (Wildman–Crippen LogP) is 7.04. The third kappa shape index (κ3) is 9.14. The van der Waals surface area contributed by atoms with Gasteiger partial charge in [0.25, 0.3) is 0 Å².